The number of halogens is 1. The van der Waals surface area contributed by atoms with Crippen LogP contribution in [0.25, 0.3) is 11.1 Å². The topological polar surface area (TPSA) is 34.6 Å². The number of aromatic nitrogens is 1. The Balaban J connectivity index is 1.53. The number of rotatable bonds is 5. The minimum Gasteiger partial charge on any atom is -0.476 e. The molecular weight excluding hydrogens is 283 g/mol. The Labute approximate surface area is 129 Å². The SMILES string of the molecule is Fc1cccc(-c2ccc(OCCN3CCOCC3)nc2)c1. The van der Waals surface area contributed by atoms with Crippen molar-refractivity contribution in [2.24, 2.45) is 0 Å². The lowest BCUT2D eigenvalue weighted by molar-refractivity contribution is 0.0320. The molecule has 3 rings (SSSR count). The van der Waals surface area contributed by atoms with E-state index in [4.69, 9.17) is 9.47 Å². The Hall–Kier alpha value is -1.98. The number of ether oxygens (including phenoxy) is 2. The molecule has 0 unspecified atom stereocenters. The van der Waals surface area contributed by atoms with Crippen LogP contribution in [0.3, 0.4) is 0 Å². The molecule has 1 aliphatic rings. The molecule has 0 spiro atoms. The second-order valence-electron chi connectivity index (χ2n) is 5.20. The summed E-state index contributed by atoms with van der Waals surface area (Å²) in [5, 5.41) is 0. The second-order valence-corrected chi connectivity index (χ2v) is 5.20. The van der Waals surface area contributed by atoms with Crippen LogP contribution in [0.1, 0.15) is 0 Å². The molecule has 2 heterocycles. The first-order valence-corrected chi connectivity index (χ1v) is 7.46. The van der Waals surface area contributed by atoms with Gasteiger partial charge in [-0.15, -0.1) is 0 Å². The second kappa shape index (κ2) is 7.33. The minimum absolute atomic E-state index is 0.247. The van der Waals surface area contributed by atoms with Crippen molar-refractivity contribution in [3.8, 4) is 17.0 Å². The summed E-state index contributed by atoms with van der Waals surface area (Å²) >= 11 is 0. The van der Waals surface area contributed by atoms with Gasteiger partial charge in [0.15, 0.2) is 0 Å². The Morgan fingerprint density at radius 1 is 1.14 bits per heavy atom. The average Bonchev–Trinajstić information content (AvgIpc) is 2.56. The molecule has 116 valence electrons. The van der Waals surface area contributed by atoms with Crippen molar-refractivity contribution in [3.05, 3.63) is 48.4 Å². The van der Waals surface area contributed by atoms with E-state index < -0.39 is 0 Å². The van der Waals surface area contributed by atoms with Gasteiger partial charge in [-0.3, -0.25) is 4.90 Å². The fourth-order valence-electron chi connectivity index (χ4n) is 2.41. The Morgan fingerprint density at radius 2 is 2.00 bits per heavy atom. The van der Waals surface area contributed by atoms with E-state index in [-0.39, 0.29) is 5.82 Å². The molecule has 1 aromatic heterocycles. The van der Waals surface area contributed by atoms with Crippen LogP contribution in [0.15, 0.2) is 42.6 Å². The highest BCUT2D eigenvalue weighted by atomic mass is 19.1. The van der Waals surface area contributed by atoms with Gasteiger partial charge in [-0.2, -0.15) is 0 Å². The van der Waals surface area contributed by atoms with Crippen molar-refractivity contribution in [2.45, 2.75) is 0 Å². The van der Waals surface area contributed by atoms with Crippen LogP contribution < -0.4 is 4.74 Å². The fraction of sp³-hybridized carbons (Fsp3) is 0.353. The number of benzene rings is 1. The van der Waals surface area contributed by atoms with Gasteiger partial charge >= 0.3 is 0 Å². The molecule has 22 heavy (non-hydrogen) atoms. The van der Waals surface area contributed by atoms with Gasteiger partial charge in [0.05, 0.1) is 13.2 Å². The van der Waals surface area contributed by atoms with Crippen molar-refractivity contribution in [2.75, 3.05) is 39.5 Å². The molecule has 1 aliphatic heterocycles. The Bertz CT molecular complexity index is 598. The van der Waals surface area contributed by atoms with Gasteiger partial charge < -0.3 is 9.47 Å². The number of pyridine rings is 1. The predicted octanol–water partition coefficient (Wildman–Crippen LogP) is 2.60. The maximum absolute atomic E-state index is 13.2. The third kappa shape index (κ3) is 4.02. The van der Waals surface area contributed by atoms with Crippen LogP contribution >= 0.6 is 0 Å². The van der Waals surface area contributed by atoms with Gasteiger partial charge in [-0.25, -0.2) is 9.37 Å². The zero-order chi connectivity index (χ0) is 15.2. The highest BCUT2D eigenvalue weighted by Crippen LogP contribution is 2.20. The zero-order valence-electron chi connectivity index (χ0n) is 12.4. The first-order valence-electron chi connectivity index (χ1n) is 7.46. The van der Waals surface area contributed by atoms with Crippen LogP contribution in [-0.2, 0) is 4.74 Å². The minimum atomic E-state index is -0.247. The fourth-order valence-corrected chi connectivity index (χ4v) is 2.41. The molecule has 0 atom stereocenters. The number of nitrogens with zero attached hydrogens (tertiary/aromatic N) is 2. The Kier molecular flexibility index (Phi) is 4.98. The highest BCUT2D eigenvalue weighted by Gasteiger charge is 2.10. The summed E-state index contributed by atoms with van der Waals surface area (Å²) in [6.45, 7) is 4.97. The summed E-state index contributed by atoms with van der Waals surface area (Å²) in [5.74, 6) is 0.344. The highest BCUT2D eigenvalue weighted by molar-refractivity contribution is 5.62. The standard InChI is InChI=1S/C17H19FN2O2/c18-16-3-1-2-14(12-16)15-4-5-17(19-13-15)22-11-8-20-6-9-21-10-7-20/h1-5,12-13H,6-11H2. The summed E-state index contributed by atoms with van der Waals surface area (Å²) in [6, 6.07) is 10.2. The monoisotopic (exact) mass is 302 g/mol. The summed E-state index contributed by atoms with van der Waals surface area (Å²) in [5.41, 5.74) is 1.69. The van der Waals surface area contributed by atoms with Gasteiger partial charge in [0.25, 0.3) is 0 Å². The van der Waals surface area contributed by atoms with Crippen molar-refractivity contribution >= 4 is 0 Å². The van der Waals surface area contributed by atoms with E-state index in [1.54, 1.807) is 12.3 Å². The molecule has 2 aromatic rings. The normalized spacial score (nSPS) is 15.7. The molecule has 1 saturated heterocycles. The van der Waals surface area contributed by atoms with Crippen molar-refractivity contribution in [3.63, 3.8) is 0 Å². The maximum atomic E-state index is 13.2. The molecule has 0 N–H and O–H groups in total. The average molecular weight is 302 g/mol. The molecule has 4 nitrogen and oxygen atoms in total. The molecule has 1 fully saturated rings. The lowest BCUT2D eigenvalue weighted by Crippen LogP contribution is -2.38. The van der Waals surface area contributed by atoms with Gasteiger partial charge in [0, 0.05) is 37.5 Å². The number of hydrogen-bond acceptors (Lipinski definition) is 4. The van der Waals surface area contributed by atoms with Crippen LogP contribution in [0.5, 0.6) is 5.88 Å². The van der Waals surface area contributed by atoms with E-state index in [0.717, 1.165) is 44.0 Å². The van der Waals surface area contributed by atoms with E-state index in [1.165, 1.54) is 12.1 Å². The molecule has 0 aliphatic carbocycles. The van der Waals surface area contributed by atoms with Crippen molar-refractivity contribution in [1.82, 2.24) is 9.88 Å². The third-order valence-electron chi connectivity index (χ3n) is 3.66. The van der Waals surface area contributed by atoms with Crippen LogP contribution in [-0.4, -0.2) is 49.3 Å². The third-order valence-corrected chi connectivity index (χ3v) is 3.66. The van der Waals surface area contributed by atoms with Gasteiger partial charge in [-0.05, 0) is 23.8 Å². The summed E-state index contributed by atoms with van der Waals surface area (Å²) in [4.78, 5) is 6.59. The zero-order valence-corrected chi connectivity index (χ0v) is 12.4. The van der Waals surface area contributed by atoms with Gasteiger partial charge in [-0.1, -0.05) is 12.1 Å². The van der Waals surface area contributed by atoms with E-state index in [9.17, 15) is 4.39 Å². The van der Waals surface area contributed by atoms with Gasteiger partial charge in [0.2, 0.25) is 5.88 Å². The molecule has 0 amide bonds. The molecule has 0 radical (unpaired) electrons. The first-order chi connectivity index (χ1) is 10.8. The smallest absolute Gasteiger partial charge is 0.213 e. The maximum Gasteiger partial charge on any atom is 0.213 e. The van der Waals surface area contributed by atoms with Gasteiger partial charge in [0.1, 0.15) is 12.4 Å². The van der Waals surface area contributed by atoms with E-state index in [0.29, 0.717) is 12.5 Å². The first kappa shape index (κ1) is 14.9. The Morgan fingerprint density at radius 3 is 2.73 bits per heavy atom. The molecule has 0 bridgehead atoms. The van der Waals surface area contributed by atoms with E-state index in [1.807, 2.05) is 18.2 Å². The lowest BCUT2D eigenvalue weighted by Gasteiger charge is -2.26. The molecule has 1 aromatic carbocycles. The summed E-state index contributed by atoms with van der Waals surface area (Å²) < 4.78 is 24.2. The number of morpholine rings is 1. The van der Waals surface area contributed by atoms with E-state index >= 15 is 0 Å². The lowest BCUT2D eigenvalue weighted by atomic mass is 10.1. The summed E-state index contributed by atoms with van der Waals surface area (Å²) in [6.07, 6.45) is 1.71. The number of hydrogen-bond donors (Lipinski definition) is 0. The van der Waals surface area contributed by atoms with Crippen molar-refractivity contribution < 1.29 is 13.9 Å². The summed E-state index contributed by atoms with van der Waals surface area (Å²) in [7, 11) is 0. The molecular formula is C17H19FN2O2. The molecule has 0 saturated carbocycles. The van der Waals surface area contributed by atoms with Crippen molar-refractivity contribution in [1.29, 1.82) is 0 Å². The van der Waals surface area contributed by atoms with Crippen LogP contribution in [0, 0.1) is 5.82 Å². The molecule has 5 heteroatoms. The van der Waals surface area contributed by atoms with Crippen LogP contribution in [0.2, 0.25) is 0 Å². The predicted molar refractivity (Wildman–Crippen MR) is 82.4 cm³/mol. The largest absolute Gasteiger partial charge is 0.476 e. The van der Waals surface area contributed by atoms with E-state index in [2.05, 4.69) is 9.88 Å². The van der Waals surface area contributed by atoms with Crippen LogP contribution in [0.4, 0.5) is 4.39 Å². The quantitative estimate of drug-likeness (QED) is 0.850.